The van der Waals surface area contributed by atoms with E-state index in [9.17, 15) is 4.79 Å². The van der Waals surface area contributed by atoms with E-state index in [0.717, 1.165) is 27.5 Å². The van der Waals surface area contributed by atoms with Crippen molar-refractivity contribution in [2.75, 3.05) is 5.32 Å². The number of hydrogen-bond donors (Lipinski definition) is 1. The molecule has 4 aromatic rings. The number of rotatable bonds is 3. The number of anilines is 1. The van der Waals surface area contributed by atoms with Gasteiger partial charge in [-0.25, -0.2) is 9.97 Å². The summed E-state index contributed by atoms with van der Waals surface area (Å²) in [5, 5.41) is 3.90. The van der Waals surface area contributed by atoms with E-state index in [1.54, 1.807) is 16.8 Å². The predicted molar refractivity (Wildman–Crippen MR) is 105 cm³/mol. The third-order valence-corrected chi connectivity index (χ3v) is 5.88. The molecule has 0 radical (unpaired) electrons. The molecule has 124 valence electrons. The number of nitrogens with zero attached hydrogens (tertiary/aromatic N) is 2. The molecule has 0 atom stereocenters. The lowest BCUT2D eigenvalue weighted by Crippen LogP contribution is -2.11. The zero-order valence-electron chi connectivity index (χ0n) is 13.7. The molecule has 2 aromatic carbocycles. The van der Waals surface area contributed by atoms with Crippen LogP contribution < -0.4 is 5.32 Å². The van der Waals surface area contributed by atoms with Gasteiger partial charge in [-0.3, -0.25) is 4.79 Å². The highest BCUT2D eigenvalue weighted by molar-refractivity contribution is 7.21. The number of carbonyl (C=O) groups excluding carboxylic acids is 1. The maximum absolute atomic E-state index is 12.2. The highest BCUT2D eigenvalue weighted by Crippen LogP contribution is 2.31. The molecule has 0 saturated carbocycles. The number of benzene rings is 2. The monoisotopic (exact) mass is 365 g/mol. The summed E-state index contributed by atoms with van der Waals surface area (Å²) in [5.41, 5.74) is 6.50. The zero-order valence-corrected chi connectivity index (χ0v) is 15.4. The fourth-order valence-electron chi connectivity index (χ4n) is 2.56. The van der Waals surface area contributed by atoms with Gasteiger partial charge >= 0.3 is 0 Å². The van der Waals surface area contributed by atoms with Crippen molar-refractivity contribution in [1.29, 1.82) is 0 Å². The maximum Gasteiger partial charge on any atom is 0.267 e. The van der Waals surface area contributed by atoms with Gasteiger partial charge in [0.05, 0.1) is 21.4 Å². The second-order valence-corrected chi connectivity index (χ2v) is 7.67. The number of thiazole rings is 2. The molecule has 1 N–H and O–H groups in total. The molecule has 1 amide bonds. The standard InChI is InChI=1S/C19H15N3OS2/c1-11-3-8-15-16(9-11)25-19(22-15)13-4-6-14(7-5-13)21-18(23)17-12(2)20-10-24-17/h3-10H,1-2H3,(H,21,23). The number of fused-ring (bicyclic) bond motifs is 1. The Morgan fingerprint density at radius 1 is 1.08 bits per heavy atom. The van der Waals surface area contributed by atoms with Gasteiger partial charge in [-0.15, -0.1) is 22.7 Å². The van der Waals surface area contributed by atoms with Gasteiger partial charge < -0.3 is 5.32 Å². The fraction of sp³-hybridized carbons (Fsp3) is 0.105. The van der Waals surface area contributed by atoms with Crippen molar-refractivity contribution in [2.45, 2.75) is 13.8 Å². The minimum atomic E-state index is -0.122. The zero-order chi connectivity index (χ0) is 17.4. The van der Waals surface area contributed by atoms with E-state index in [0.29, 0.717) is 4.88 Å². The van der Waals surface area contributed by atoms with Crippen molar-refractivity contribution in [3.63, 3.8) is 0 Å². The molecule has 0 unspecified atom stereocenters. The second-order valence-electron chi connectivity index (χ2n) is 5.79. The number of aromatic nitrogens is 2. The highest BCUT2D eigenvalue weighted by atomic mass is 32.1. The van der Waals surface area contributed by atoms with E-state index < -0.39 is 0 Å². The lowest BCUT2D eigenvalue weighted by Gasteiger charge is -2.05. The van der Waals surface area contributed by atoms with Crippen LogP contribution in [0.5, 0.6) is 0 Å². The van der Waals surface area contributed by atoms with Crippen LogP contribution in [0.15, 0.2) is 48.0 Å². The molecule has 2 aromatic heterocycles. The molecule has 0 fully saturated rings. The normalized spacial score (nSPS) is 11.0. The first-order chi connectivity index (χ1) is 12.1. The van der Waals surface area contributed by atoms with Crippen LogP contribution in [0, 0.1) is 13.8 Å². The Bertz CT molecular complexity index is 1060. The first kappa shape index (κ1) is 15.9. The molecular formula is C19H15N3OS2. The number of aryl methyl sites for hydroxylation is 2. The Morgan fingerprint density at radius 2 is 1.88 bits per heavy atom. The first-order valence-corrected chi connectivity index (χ1v) is 9.49. The molecular weight excluding hydrogens is 350 g/mol. The van der Waals surface area contributed by atoms with Crippen LogP contribution in [0.1, 0.15) is 20.9 Å². The van der Waals surface area contributed by atoms with E-state index in [2.05, 4.69) is 35.4 Å². The summed E-state index contributed by atoms with van der Waals surface area (Å²) in [6.07, 6.45) is 0. The second kappa shape index (κ2) is 6.38. The van der Waals surface area contributed by atoms with Gasteiger partial charge in [0.15, 0.2) is 0 Å². The van der Waals surface area contributed by atoms with Crippen molar-refractivity contribution in [3.05, 3.63) is 64.1 Å². The Kier molecular flexibility index (Phi) is 4.07. The maximum atomic E-state index is 12.2. The number of hydrogen-bond acceptors (Lipinski definition) is 5. The van der Waals surface area contributed by atoms with Gasteiger partial charge in [0.1, 0.15) is 9.88 Å². The SMILES string of the molecule is Cc1ccc2nc(-c3ccc(NC(=O)c4scnc4C)cc3)sc2c1. The van der Waals surface area contributed by atoms with Crippen LogP contribution in [0.2, 0.25) is 0 Å². The highest BCUT2D eigenvalue weighted by Gasteiger charge is 2.12. The molecule has 0 bridgehead atoms. The summed E-state index contributed by atoms with van der Waals surface area (Å²) in [7, 11) is 0. The lowest BCUT2D eigenvalue weighted by atomic mass is 10.2. The van der Waals surface area contributed by atoms with Gasteiger partial charge in [-0.2, -0.15) is 0 Å². The molecule has 6 heteroatoms. The Hall–Kier alpha value is -2.57. The molecule has 0 aliphatic carbocycles. The topological polar surface area (TPSA) is 54.9 Å². The fourth-order valence-corrected chi connectivity index (χ4v) is 4.33. The van der Waals surface area contributed by atoms with Crippen LogP contribution in [0.25, 0.3) is 20.8 Å². The minimum Gasteiger partial charge on any atom is -0.321 e. The van der Waals surface area contributed by atoms with Gasteiger partial charge in [-0.1, -0.05) is 6.07 Å². The number of amides is 1. The summed E-state index contributed by atoms with van der Waals surface area (Å²) in [6.45, 7) is 3.92. The van der Waals surface area contributed by atoms with Crippen LogP contribution >= 0.6 is 22.7 Å². The van der Waals surface area contributed by atoms with E-state index in [-0.39, 0.29) is 5.91 Å². The smallest absolute Gasteiger partial charge is 0.267 e. The van der Waals surface area contributed by atoms with Gasteiger partial charge in [0.25, 0.3) is 5.91 Å². The average molecular weight is 365 g/mol. The Morgan fingerprint density at radius 3 is 2.60 bits per heavy atom. The third kappa shape index (κ3) is 3.18. The van der Waals surface area contributed by atoms with Crippen LogP contribution in [0.4, 0.5) is 5.69 Å². The summed E-state index contributed by atoms with van der Waals surface area (Å²) in [6, 6.07) is 14.1. The third-order valence-electron chi connectivity index (χ3n) is 3.89. The molecule has 0 saturated heterocycles. The van der Waals surface area contributed by atoms with Crippen molar-refractivity contribution < 1.29 is 4.79 Å². The van der Waals surface area contributed by atoms with Crippen molar-refractivity contribution >= 4 is 44.5 Å². The molecule has 0 aliphatic rings. The van der Waals surface area contributed by atoms with Crippen molar-refractivity contribution in [3.8, 4) is 10.6 Å². The summed E-state index contributed by atoms with van der Waals surface area (Å²) in [4.78, 5) is 21.7. The van der Waals surface area contributed by atoms with Crippen LogP contribution in [0.3, 0.4) is 0 Å². The van der Waals surface area contributed by atoms with E-state index >= 15 is 0 Å². The molecule has 0 aliphatic heterocycles. The predicted octanol–water partition coefficient (Wildman–Crippen LogP) is 5.29. The number of nitrogens with one attached hydrogen (secondary N) is 1. The summed E-state index contributed by atoms with van der Waals surface area (Å²) >= 11 is 3.03. The molecule has 0 spiro atoms. The van der Waals surface area contributed by atoms with E-state index in [1.807, 2.05) is 31.2 Å². The van der Waals surface area contributed by atoms with Gasteiger partial charge in [0.2, 0.25) is 0 Å². The van der Waals surface area contributed by atoms with Crippen molar-refractivity contribution in [2.24, 2.45) is 0 Å². The summed E-state index contributed by atoms with van der Waals surface area (Å²) < 4.78 is 1.19. The summed E-state index contributed by atoms with van der Waals surface area (Å²) in [5.74, 6) is -0.122. The quantitative estimate of drug-likeness (QED) is 0.537. The van der Waals surface area contributed by atoms with Crippen molar-refractivity contribution in [1.82, 2.24) is 9.97 Å². The van der Waals surface area contributed by atoms with Crippen LogP contribution in [-0.2, 0) is 0 Å². The Balaban J connectivity index is 1.57. The molecule has 2 heterocycles. The minimum absolute atomic E-state index is 0.122. The largest absolute Gasteiger partial charge is 0.321 e. The molecule has 4 rings (SSSR count). The molecule has 4 nitrogen and oxygen atoms in total. The van der Waals surface area contributed by atoms with Gasteiger partial charge in [-0.05, 0) is 55.8 Å². The van der Waals surface area contributed by atoms with E-state index in [4.69, 9.17) is 4.98 Å². The van der Waals surface area contributed by atoms with E-state index in [1.165, 1.54) is 21.6 Å². The van der Waals surface area contributed by atoms with Gasteiger partial charge in [0, 0.05) is 11.3 Å². The van der Waals surface area contributed by atoms with Crippen LogP contribution in [-0.4, -0.2) is 15.9 Å². The first-order valence-electron chi connectivity index (χ1n) is 7.79. The number of carbonyl (C=O) groups is 1. The molecule has 25 heavy (non-hydrogen) atoms. The lowest BCUT2D eigenvalue weighted by molar-refractivity contribution is 0.103. The Labute approximate surface area is 153 Å². The average Bonchev–Trinajstić information content (AvgIpc) is 3.21.